The second-order valence-corrected chi connectivity index (χ2v) is 19.0. The van der Waals surface area contributed by atoms with Gasteiger partial charge in [-0.2, -0.15) is 0 Å². The number of benzene rings is 2. The molecule has 4 aromatic rings. The molecule has 0 aliphatic carbocycles. The molecule has 5 heterocycles. The summed E-state index contributed by atoms with van der Waals surface area (Å²) >= 11 is 0. The van der Waals surface area contributed by atoms with Crippen molar-refractivity contribution in [2.24, 2.45) is 17.3 Å². The average Bonchev–Trinajstić information content (AvgIpc) is 3.60. The van der Waals surface area contributed by atoms with Crippen LogP contribution in [0.3, 0.4) is 0 Å². The monoisotopic (exact) mass is 887 g/mol. The Morgan fingerprint density at radius 3 is 2.54 bits per heavy atom. The molecule has 1 unspecified atom stereocenters. The fourth-order valence-electron chi connectivity index (χ4n) is 9.87. The highest BCUT2D eigenvalue weighted by Gasteiger charge is 2.46. The number of hydrazine groups is 1. The van der Waals surface area contributed by atoms with E-state index < -0.39 is 47.2 Å². The Bertz CT molecular complexity index is 2480. The number of aryl methyl sites for hydroxylation is 1. The van der Waals surface area contributed by atoms with Crippen LogP contribution < -0.4 is 10.7 Å². The Labute approximate surface area is 382 Å². The minimum Gasteiger partial charge on any atom is -0.464 e. The lowest BCUT2D eigenvalue weighted by Gasteiger charge is -2.47. The van der Waals surface area contributed by atoms with Gasteiger partial charge in [-0.25, -0.2) is 5.43 Å². The molecule has 3 aliphatic heterocycles. The summed E-state index contributed by atoms with van der Waals surface area (Å²) in [5, 5.41) is 5.56. The third kappa shape index (κ3) is 9.46. The lowest BCUT2D eigenvalue weighted by Crippen LogP contribution is -2.65. The number of esters is 1. The van der Waals surface area contributed by atoms with Crippen molar-refractivity contribution < 1.29 is 33.4 Å². The Morgan fingerprint density at radius 1 is 1.09 bits per heavy atom. The quantitative estimate of drug-likeness (QED) is 0.139. The average molecular weight is 888 g/mol. The van der Waals surface area contributed by atoms with Crippen molar-refractivity contribution in [1.82, 2.24) is 35.1 Å². The molecule has 346 valence electrons. The van der Waals surface area contributed by atoms with E-state index >= 15 is 0 Å². The number of amides is 4. The van der Waals surface area contributed by atoms with Gasteiger partial charge in [-0.1, -0.05) is 64.6 Å². The van der Waals surface area contributed by atoms with Crippen LogP contribution in [-0.4, -0.2) is 112 Å². The summed E-state index contributed by atoms with van der Waals surface area (Å²) in [5.74, 6) is -2.61. The summed E-state index contributed by atoms with van der Waals surface area (Å²) in [4.78, 5) is 77.1. The van der Waals surface area contributed by atoms with E-state index in [1.807, 2.05) is 45.9 Å². The minimum atomic E-state index is -1.05. The summed E-state index contributed by atoms with van der Waals surface area (Å²) in [6.45, 7) is 18.8. The standard InChI is InChI=1S/C51H65N7O7/c1-11-43(59)57-28-39(31(57)5)48(61)55(9)45(30(3)4)47(60)53-41-25-33-16-13-17-34(24-33)35-20-21-42-37(26-35)38(46(56(42)12-2)36-18-14-22-52-44(36)32(6)64-10)27-51(7,8)29-65-50(63)40-19-15-23-58(54-40)49(41)62/h11,13-14,16-18,20-22,24,26,30-32,39-41,45,54H,1,12,15,19,23,25,27-29H2,2-10H3,(H,53,60)/t31-,32-,39-,40-,41-,45?/m0/s1. The first-order chi connectivity index (χ1) is 31.0. The largest absolute Gasteiger partial charge is 0.464 e. The van der Waals surface area contributed by atoms with E-state index in [2.05, 4.69) is 79.1 Å². The molecule has 3 aliphatic rings. The van der Waals surface area contributed by atoms with Crippen LogP contribution in [0, 0.1) is 17.3 Å². The van der Waals surface area contributed by atoms with E-state index in [1.54, 1.807) is 25.3 Å². The number of likely N-dealkylation sites (tertiary alicyclic amines) is 1. The van der Waals surface area contributed by atoms with Gasteiger partial charge < -0.3 is 29.2 Å². The number of methoxy groups -OCH3 is 1. The van der Waals surface area contributed by atoms with E-state index in [0.717, 1.165) is 50.1 Å². The number of hydrogen-bond acceptors (Lipinski definition) is 9. The van der Waals surface area contributed by atoms with Gasteiger partial charge in [0.1, 0.15) is 18.1 Å². The zero-order valence-electron chi connectivity index (χ0n) is 39.4. The van der Waals surface area contributed by atoms with Gasteiger partial charge in [0, 0.05) is 74.3 Å². The molecule has 2 aromatic heterocycles. The maximum absolute atomic E-state index is 14.7. The van der Waals surface area contributed by atoms with Crippen molar-refractivity contribution in [3.8, 4) is 22.4 Å². The number of rotatable bonds is 10. The van der Waals surface area contributed by atoms with E-state index in [1.165, 1.54) is 16.0 Å². The Morgan fingerprint density at radius 2 is 1.85 bits per heavy atom. The van der Waals surface area contributed by atoms with Crippen LogP contribution in [0.15, 0.2) is 73.4 Å². The highest BCUT2D eigenvalue weighted by Crippen LogP contribution is 2.42. The normalized spacial score (nSPS) is 22.1. The minimum absolute atomic E-state index is 0.135. The second-order valence-electron chi connectivity index (χ2n) is 19.0. The SMILES string of the molecule is C=CC(=O)N1C[C@H](C(=O)N(C)C(C(=O)N[C@H]2Cc3cccc(c3)-c3ccc4c(c3)c(c(-c3cccnc3[C@H](C)OC)n4CC)CC(C)(C)COC(=O)[C@@H]3CCCN(N3)C2=O)C(C)C)[C@@H]1C. The summed E-state index contributed by atoms with van der Waals surface area (Å²) in [6.07, 6.45) is 4.52. The molecule has 14 nitrogen and oxygen atoms in total. The highest BCUT2D eigenvalue weighted by molar-refractivity contribution is 5.96. The molecule has 0 spiro atoms. The lowest BCUT2D eigenvalue weighted by molar-refractivity contribution is -0.156. The molecule has 2 fully saturated rings. The van der Waals surface area contributed by atoms with Crippen molar-refractivity contribution in [2.45, 2.75) is 111 Å². The first kappa shape index (κ1) is 47.1. The van der Waals surface area contributed by atoms with Gasteiger partial charge in [0.25, 0.3) is 5.91 Å². The van der Waals surface area contributed by atoms with Gasteiger partial charge in [-0.05, 0) is 98.5 Å². The van der Waals surface area contributed by atoms with Crippen LogP contribution in [-0.2, 0) is 52.8 Å². The maximum atomic E-state index is 14.7. The van der Waals surface area contributed by atoms with Gasteiger partial charge in [0.05, 0.1) is 30.0 Å². The molecule has 14 heteroatoms. The highest BCUT2D eigenvalue weighted by atomic mass is 16.5. The Kier molecular flexibility index (Phi) is 14.0. The topological polar surface area (TPSA) is 155 Å². The van der Waals surface area contributed by atoms with Crippen LogP contribution in [0.25, 0.3) is 33.3 Å². The molecule has 6 atom stereocenters. The van der Waals surface area contributed by atoms with Crippen molar-refractivity contribution in [3.63, 3.8) is 0 Å². The summed E-state index contributed by atoms with van der Waals surface area (Å²) in [7, 11) is 3.29. The molecule has 7 rings (SSSR count). The zero-order chi connectivity index (χ0) is 46.9. The molecule has 2 N–H and O–H groups in total. The number of fused-ring (bicyclic) bond motifs is 6. The first-order valence-corrected chi connectivity index (χ1v) is 22.9. The smallest absolute Gasteiger partial charge is 0.324 e. The number of carbonyl (C=O) groups is 5. The van der Waals surface area contributed by atoms with Crippen molar-refractivity contribution >= 4 is 40.5 Å². The third-order valence-electron chi connectivity index (χ3n) is 13.5. The number of cyclic esters (lactones) is 1. The number of carbonyl (C=O) groups excluding carboxylic acids is 5. The van der Waals surface area contributed by atoms with E-state index in [9.17, 15) is 24.0 Å². The molecule has 6 bridgehead atoms. The Hall–Kier alpha value is -5.86. The van der Waals surface area contributed by atoms with Gasteiger partial charge >= 0.3 is 5.97 Å². The first-order valence-electron chi connectivity index (χ1n) is 22.9. The van der Waals surface area contributed by atoms with Crippen LogP contribution >= 0.6 is 0 Å². The number of hydrogen-bond donors (Lipinski definition) is 2. The number of nitrogens with one attached hydrogen (secondary N) is 2. The predicted molar refractivity (Wildman–Crippen MR) is 250 cm³/mol. The van der Waals surface area contributed by atoms with E-state index in [4.69, 9.17) is 14.5 Å². The molecule has 2 aromatic carbocycles. The van der Waals surface area contributed by atoms with Crippen molar-refractivity contribution in [3.05, 3.63) is 90.3 Å². The summed E-state index contributed by atoms with van der Waals surface area (Å²) in [5.41, 5.74) is 10.5. The van der Waals surface area contributed by atoms with Crippen LogP contribution in [0.2, 0.25) is 0 Å². The van der Waals surface area contributed by atoms with Crippen molar-refractivity contribution in [2.75, 3.05) is 33.9 Å². The fourth-order valence-corrected chi connectivity index (χ4v) is 9.87. The van der Waals surface area contributed by atoms with Gasteiger partial charge in [0.15, 0.2) is 0 Å². The van der Waals surface area contributed by atoms with Gasteiger partial charge in [0.2, 0.25) is 17.7 Å². The number of likely N-dealkylation sites (N-methyl/N-ethyl adjacent to an activating group) is 1. The molecule has 0 radical (unpaired) electrons. The molecule has 0 saturated carbocycles. The summed E-state index contributed by atoms with van der Waals surface area (Å²) in [6, 6.07) is 15.5. The van der Waals surface area contributed by atoms with Crippen LogP contribution in [0.5, 0.6) is 0 Å². The predicted octanol–water partition coefficient (Wildman–Crippen LogP) is 6.26. The second kappa shape index (κ2) is 19.3. The van der Waals surface area contributed by atoms with Gasteiger partial charge in [-0.3, -0.25) is 34.0 Å². The number of nitrogens with zero attached hydrogens (tertiary/aromatic N) is 5. The molecule has 2 saturated heterocycles. The van der Waals surface area contributed by atoms with Crippen molar-refractivity contribution in [1.29, 1.82) is 0 Å². The molecular formula is C51H65N7O7. The van der Waals surface area contributed by atoms with E-state index in [0.29, 0.717) is 32.4 Å². The van der Waals surface area contributed by atoms with Crippen LogP contribution in [0.1, 0.15) is 84.2 Å². The fraction of sp³-hybridized carbons (Fsp3) is 0.490. The number of aromatic nitrogens is 2. The Balaban J connectivity index is 1.29. The molecule has 65 heavy (non-hydrogen) atoms. The molecular weight excluding hydrogens is 823 g/mol. The lowest BCUT2D eigenvalue weighted by atomic mass is 9.84. The zero-order valence-corrected chi connectivity index (χ0v) is 39.4. The third-order valence-corrected chi connectivity index (χ3v) is 13.5. The van der Waals surface area contributed by atoms with Crippen LogP contribution in [0.4, 0.5) is 0 Å². The molecule has 4 amide bonds. The number of ether oxygens (including phenoxy) is 2. The van der Waals surface area contributed by atoms with E-state index in [-0.39, 0.29) is 49.5 Å². The summed E-state index contributed by atoms with van der Waals surface area (Å²) < 4.78 is 14.3. The van der Waals surface area contributed by atoms with Gasteiger partial charge in [-0.15, -0.1) is 0 Å². The number of pyridine rings is 1. The maximum Gasteiger partial charge on any atom is 0.324 e.